The summed E-state index contributed by atoms with van der Waals surface area (Å²) < 4.78 is 6.38. The molecule has 0 spiro atoms. The molecule has 0 atom stereocenters. The maximum Gasteiger partial charge on any atom is 0.0922 e. The van der Waals surface area contributed by atoms with Crippen LogP contribution in [-0.4, -0.2) is 6.10 Å². The third-order valence-corrected chi connectivity index (χ3v) is 2.01. The third kappa shape index (κ3) is 4.13. The van der Waals surface area contributed by atoms with E-state index in [1.807, 2.05) is 44.2 Å². The molecule has 0 aliphatic heterocycles. The molecule has 70 valence electrons. The summed E-state index contributed by atoms with van der Waals surface area (Å²) in [6, 6.07) is 8.08. The Morgan fingerprint density at radius 3 is 2.38 bits per heavy atom. The van der Waals surface area contributed by atoms with Crippen molar-refractivity contribution in [1.82, 2.24) is 0 Å². The zero-order valence-corrected chi connectivity index (χ0v) is 9.41. The zero-order chi connectivity index (χ0) is 9.68. The van der Waals surface area contributed by atoms with Gasteiger partial charge in [0.15, 0.2) is 0 Å². The van der Waals surface area contributed by atoms with Gasteiger partial charge in [0, 0.05) is 4.47 Å². The second-order valence-electron chi connectivity index (χ2n) is 3.04. The molecular formula is C11H13BrO. The first-order chi connectivity index (χ1) is 6.18. The van der Waals surface area contributed by atoms with Crippen molar-refractivity contribution in [1.29, 1.82) is 0 Å². The van der Waals surface area contributed by atoms with Crippen LogP contribution in [0.15, 0.2) is 35.0 Å². The van der Waals surface area contributed by atoms with E-state index in [4.69, 9.17) is 4.74 Å². The van der Waals surface area contributed by atoms with E-state index in [2.05, 4.69) is 15.9 Å². The highest BCUT2D eigenvalue weighted by atomic mass is 79.9. The lowest BCUT2D eigenvalue weighted by Gasteiger charge is -2.02. The first kappa shape index (κ1) is 10.3. The molecule has 0 fully saturated rings. The molecular weight excluding hydrogens is 228 g/mol. The molecule has 13 heavy (non-hydrogen) atoms. The van der Waals surface area contributed by atoms with Gasteiger partial charge in [0.2, 0.25) is 0 Å². The molecule has 0 heterocycles. The Bertz CT molecular complexity index is 275. The lowest BCUT2D eigenvalue weighted by atomic mass is 10.2. The van der Waals surface area contributed by atoms with Gasteiger partial charge in [-0.25, -0.2) is 0 Å². The molecule has 0 amide bonds. The van der Waals surface area contributed by atoms with E-state index >= 15 is 0 Å². The van der Waals surface area contributed by atoms with E-state index in [0.29, 0.717) is 0 Å². The SMILES string of the molecule is CC(C)OC=Cc1ccc(Br)cc1. The van der Waals surface area contributed by atoms with Crippen LogP contribution in [0.2, 0.25) is 0 Å². The number of hydrogen-bond donors (Lipinski definition) is 0. The van der Waals surface area contributed by atoms with Crippen LogP contribution in [0.3, 0.4) is 0 Å². The van der Waals surface area contributed by atoms with Crippen LogP contribution in [0.1, 0.15) is 19.4 Å². The summed E-state index contributed by atoms with van der Waals surface area (Å²) in [5.74, 6) is 0. The topological polar surface area (TPSA) is 9.23 Å². The van der Waals surface area contributed by atoms with Crippen molar-refractivity contribution in [2.75, 3.05) is 0 Å². The summed E-state index contributed by atoms with van der Waals surface area (Å²) in [5.41, 5.74) is 1.14. The van der Waals surface area contributed by atoms with E-state index in [-0.39, 0.29) is 6.10 Å². The summed E-state index contributed by atoms with van der Waals surface area (Å²) in [5, 5.41) is 0. The third-order valence-electron chi connectivity index (χ3n) is 1.48. The number of halogens is 1. The number of hydrogen-bond acceptors (Lipinski definition) is 1. The van der Waals surface area contributed by atoms with E-state index in [1.165, 1.54) is 0 Å². The second-order valence-corrected chi connectivity index (χ2v) is 3.95. The van der Waals surface area contributed by atoms with Crippen molar-refractivity contribution < 1.29 is 4.74 Å². The van der Waals surface area contributed by atoms with Crippen LogP contribution in [0, 0.1) is 0 Å². The fourth-order valence-corrected chi connectivity index (χ4v) is 1.11. The van der Waals surface area contributed by atoms with Gasteiger partial charge in [-0.1, -0.05) is 28.1 Å². The molecule has 0 aliphatic carbocycles. The zero-order valence-electron chi connectivity index (χ0n) is 7.83. The number of rotatable bonds is 3. The van der Waals surface area contributed by atoms with Crippen molar-refractivity contribution in [3.63, 3.8) is 0 Å². The molecule has 0 radical (unpaired) electrons. The molecule has 1 aromatic carbocycles. The Hall–Kier alpha value is -0.760. The Morgan fingerprint density at radius 1 is 1.23 bits per heavy atom. The smallest absolute Gasteiger partial charge is 0.0922 e. The van der Waals surface area contributed by atoms with E-state index in [0.717, 1.165) is 10.0 Å². The summed E-state index contributed by atoms with van der Waals surface area (Å²) in [7, 11) is 0. The molecule has 1 aromatic rings. The van der Waals surface area contributed by atoms with Crippen LogP contribution < -0.4 is 0 Å². The highest BCUT2D eigenvalue weighted by molar-refractivity contribution is 9.10. The molecule has 0 bridgehead atoms. The van der Waals surface area contributed by atoms with Crippen molar-refractivity contribution in [3.8, 4) is 0 Å². The first-order valence-electron chi connectivity index (χ1n) is 4.26. The highest BCUT2D eigenvalue weighted by Gasteiger charge is 1.88. The van der Waals surface area contributed by atoms with Gasteiger partial charge < -0.3 is 4.74 Å². The van der Waals surface area contributed by atoms with Crippen molar-refractivity contribution in [2.45, 2.75) is 20.0 Å². The normalized spacial score (nSPS) is 11.1. The summed E-state index contributed by atoms with van der Waals surface area (Å²) in [6.45, 7) is 4.01. The van der Waals surface area contributed by atoms with Crippen molar-refractivity contribution in [2.24, 2.45) is 0 Å². The van der Waals surface area contributed by atoms with E-state index in [1.54, 1.807) is 6.26 Å². The summed E-state index contributed by atoms with van der Waals surface area (Å²) >= 11 is 3.38. The average Bonchev–Trinajstić information content (AvgIpc) is 2.08. The van der Waals surface area contributed by atoms with Crippen molar-refractivity contribution in [3.05, 3.63) is 40.6 Å². The summed E-state index contributed by atoms with van der Waals surface area (Å²) in [6.07, 6.45) is 3.92. The van der Waals surface area contributed by atoms with Gasteiger partial charge in [-0.2, -0.15) is 0 Å². The molecule has 2 heteroatoms. The lowest BCUT2D eigenvalue weighted by Crippen LogP contribution is -1.94. The minimum atomic E-state index is 0.242. The molecule has 0 unspecified atom stereocenters. The maximum absolute atomic E-state index is 5.28. The molecule has 1 rings (SSSR count). The van der Waals surface area contributed by atoms with Gasteiger partial charge in [0.05, 0.1) is 12.4 Å². The Labute approximate surface area is 87.5 Å². The lowest BCUT2D eigenvalue weighted by molar-refractivity contribution is 0.181. The van der Waals surface area contributed by atoms with Gasteiger partial charge in [-0.3, -0.25) is 0 Å². The van der Waals surface area contributed by atoms with Gasteiger partial charge in [0.25, 0.3) is 0 Å². The predicted molar refractivity (Wildman–Crippen MR) is 59.4 cm³/mol. The van der Waals surface area contributed by atoms with Crippen LogP contribution in [0.4, 0.5) is 0 Å². The predicted octanol–water partition coefficient (Wildman–Crippen LogP) is 3.84. The Kier molecular flexibility index (Phi) is 4.03. The number of benzene rings is 1. The van der Waals surface area contributed by atoms with Gasteiger partial charge in [-0.15, -0.1) is 0 Å². The average molecular weight is 241 g/mol. The molecule has 1 nitrogen and oxygen atoms in total. The van der Waals surface area contributed by atoms with Gasteiger partial charge in [0.1, 0.15) is 0 Å². The summed E-state index contributed by atoms with van der Waals surface area (Å²) in [4.78, 5) is 0. The monoisotopic (exact) mass is 240 g/mol. The fourth-order valence-electron chi connectivity index (χ4n) is 0.849. The second kappa shape index (κ2) is 5.07. The van der Waals surface area contributed by atoms with Gasteiger partial charge in [-0.05, 0) is 37.6 Å². The largest absolute Gasteiger partial charge is 0.499 e. The van der Waals surface area contributed by atoms with E-state index < -0.39 is 0 Å². The Balaban J connectivity index is 2.54. The maximum atomic E-state index is 5.28. The molecule has 0 aromatic heterocycles. The number of ether oxygens (including phenoxy) is 1. The molecule has 0 aliphatic rings. The highest BCUT2D eigenvalue weighted by Crippen LogP contribution is 2.11. The van der Waals surface area contributed by atoms with Crippen molar-refractivity contribution >= 4 is 22.0 Å². The molecule has 0 N–H and O–H groups in total. The molecule has 0 saturated carbocycles. The quantitative estimate of drug-likeness (QED) is 0.730. The van der Waals surface area contributed by atoms with Crippen LogP contribution in [0.5, 0.6) is 0 Å². The first-order valence-corrected chi connectivity index (χ1v) is 5.05. The van der Waals surface area contributed by atoms with Gasteiger partial charge >= 0.3 is 0 Å². The van der Waals surface area contributed by atoms with Crippen LogP contribution >= 0.6 is 15.9 Å². The van der Waals surface area contributed by atoms with E-state index in [9.17, 15) is 0 Å². The fraction of sp³-hybridized carbons (Fsp3) is 0.273. The van der Waals surface area contributed by atoms with Crippen LogP contribution in [0.25, 0.3) is 6.08 Å². The molecule has 0 saturated heterocycles. The van der Waals surface area contributed by atoms with Crippen LogP contribution in [-0.2, 0) is 4.74 Å². The minimum absolute atomic E-state index is 0.242. The Morgan fingerprint density at radius 2 is 1.85 bits per heavy atom. The minimum Gasteiger partial charge on any atom is -0.499 e. The standard InChI is InChI=1S/C11H13BrO/c1-9(2)13-8-7-10-3-5-11(12)6-4-10/h3-9H,1-2H3.